The Bertz CT molecular complexity index is 737. The number of rotatable bonds is 13. The van der Waals surface area contributed by atoms with Gasteiger partial charge < -0.3 is 4.74 Å². The molecule has 1 rings (SSSR count). The summed E-state index contributed by atoms with van der Waals surface area (Å²) in [4.78, 5) is 28.5. The van der Waals surface area contributed by atoms with Crippen LogP contribution in [0.1, 0.15) is 80.2 Å². The quantitative estimate of drug-likeness (QED) is 0.284. The summed E-state index contributed by atoms with van der Waals surface area (Å²) in [5.74, 6) is 5.17. The van der Waals surface area contributed by atoms with Crippen molar-refractivity contribution >= 4 is 11.8 Å². The lowest BCUT2D eigenvalue weighted by Gasteiger charge is -2.14. The molecule has 4 nitrogen and oxygen atoms in total. The summed E-state index contributed by atoms with van der Waals surface area (Å²) in [6, 6.07) is 0. The smallest absolute Gasteiger partial charge is 0.306 e. The van der Waals surface area contributed by atoms with Crippen molar-refractivity contribution < 1.29 is 14.3 Å². The molecule has 4 heteroatoms. The first-order valence-corrected chi connectivity index (χ1v) is 9.97. The molecular weight excluding hydrogens is 350 g/mol. The summed E-state index contributed by atoms with van der Waals surface area (Å²) in [7, 11) is 0. The van der Waals surface area contributed by atoms with Gasteiger partial charge in [0.05, 0.1) is 0 Å². The molecular formula is C24H31NO3. The average Bonchev–Trinajstić information content (AvgIpc) is 2.68. The number of carbonyl (C=O) groups excluding carboxylic acids is 2. The van der Waals surface area contributed by atoms with Gasteiger partial charge in [0.1, 0.15) is 12.4 Å². The fourth-order valence-electron chi connectivity index (χ4n) is 2.89. The molecule has 28 heavy (non-hydrogen) atoms. The SMILES string of the molecule is C#CCCCCC(=O)CCc1cnc(C)c(C)c1COC(=O)CCCCC#C. The number of pyridine rings is 1. The van der Waals surface area contributed by atoms with Crippen LogP contribution in [-0.2, 0) is 27.4 Å². The minimum absolute atomic E-state index is 0.217. The van der Waals surface area contributed by atoms with Gasteiger partial charge in [-0.1, -0.05) is 0 Å². The van der Waals surface area contributed by atoms with Crippen molar-refractivity contribution in [2.75, 3.05) is 0 Å². The van der Waals surface area contributed by atoms with Crippen LogP contribution >= 0.6 is 0 Å². The van der Waals surface area contributed by atoms with Crippen molar-refractivity contribution in [3.05, 3.63) is 28.6 Å². The van der Waals surface area contributed by atoms with Crippen molar-refractivity contribution in [1.29, 1.82) is 0 Å². The topological polar surface area (TPSA) is 56.3 Å². The van der Waals surface area contributed by atoms with Crippen LogP contribution in [-0.4, -0.2) is 16.7 Å². The van der Waals surface area contributed by atoms with E-state index in [1.165, 1.54) is 0 Å². The minimum Gasteiger partial charge on any atom is -0.461 e. The second kappa shape index (κ2) is 13.6. The molecule has 1 aromatic heterocycles. The number of nitrogens with zero attached hydrogens (tertiary/aromatic N) is 1. The predicted octanol–water partition coefficient (Wildman–Crippen LogP) is 4.63. The van der Waals surface area contributed by atoms with Gasteiger partial charge in [-0.15, -0.1) is 24.7 Å². The van der Waals surface area contributed by atoms with E-state index in [9.17, 15) is 9.59 Å². The zero-order valence-corrected chi connectivity index (χ0v) is 17.2. The van der Waals surface area contributed by atoms with E-state index in [1.54, 1.807) is 6.20 Å². The van der Waals surface area contributed by atoms with Crippen LogP contribution < -0.4 is 0 Å². The maximum absolute atomic E-state index is 12.1. The van der Waals surface area contributed by atoms with Gasteiger partial charge in [0, 0.05) is 44.0 Å². The molecule has 0 radical (unpaired) electrons. The fourth-order valence-corrected chi connectivity index (χ4v) is 2.89. The molecule has 1 heterocycles. The Morgan fingerprint density at radius 1 is 1.00 bits per heavy atom. The normalized spacial score (nSPS) is 10.1. The fraction of sp³-hybridized carbons (Fsp3) is 0.542. The van der Waals surface area contributed by atoms with Crippen molar-refractivity contribution in [2.24, 2.45) is 0 Å². The van der Waals surface area contributed by atoms with Crippen LogP contribution in [0.25, 0.3) is 0 Å². The molecule has 0 aliphatic carbocycles. The highest BCUT2D eigenvalue weighted by atomic mass is 16.5. The maximum atomic E-state index is 12.1. The zero-order valence-electron chi connectivity index (χ0n) is 17.2. The van der Waals surface area contributed by atoms with E-state index in [1.807, 2.05) is 13.8 Å². The summed E-state index contributed by atoms with van der Waals surface area (Å²) in [6.07, 6.45) is 18.9. The third-order valence-corrected chi connectivity index (χ3v) is 4.83. The molecule has 1 aromatic rings. The molecule has 150 valence electrons. The summed E-state index contributed by atoms with van der Waals surface area (Å²) in [5, 5.41) is 0. The molecule has 0 spiro atoms. The van der Waals surface area contributed by atoms with Gasteiger partial charge in [0.15, 0.2) is 0 Å². The van der Waals surface area contributed by atoms with Gasteiger partial charge in [-0.25, -0.2) is 0 Å². The Hall–Kier alpha value is -2.59. The van der Waals surface area contributed by atoms with Crippen LogP contribution in [0.4, 0.5) is 0 Å². The highest BCUT2D eigenvalue weighted by Crippen LogP contribution is 2.20. The molecule has 0 saturated heterocycles. The second-order valence-electron chi connectivity index (χ2n) is 6.99. The molecule has 0 amide bonds. The maximum Gasteiger partial charge on any atom is 0.306 e. The molecule has 0 fully saturated rings. The third-order valence-electron chi connectivity index (χ3n) is 4.83. The second-order valence-corrected chi connectivity index (χ2v) is 6.99. The number of ketones is 1. The number of terminal acetylenes is 2. The van der Waals surface area contributed by atoms with Crippen LogP contribution in [0, 0.1) is 38.5 Å². The van der Waals surface area contributed by atoms with E-state index in [0.29, 0.717) is 38.5 Å². The molecule has 0 aliphatic rings. The number of Topliss-reactive ketones (excluding diaryl/α,β-unsaturated/α-hetero) is 1. The van der Waals surface area contributed by atoms with E-state index in [0.717, 1.165) is 48.1 Å². The zero-order chi connectivity index (χ0) is 20.8. The molecule has 0 aliphatic heterocycles. The molecule has 0 atom stereocenters. The minimum atomic E-state index is -0.221. The number of aromatic nitrogens is 1. The van der Waals surface area contributed by atoms with Crippen LogP contribution in [0.2, 0.25) is 0 Å². The highest BCUT2D eigenvalue weighted by molar-refractivity contribution is 5.78. The Morgan fingerprint density at radius 2 is 1.64 bits per heavy atom. The van der Waals surface area contributed by atoms with Crippen molar-refractivity contribution in [3.8, 4) is 24.7 Å². The Kier molecular flexibility index (Phi) is 11.4. The Balaban J connectivity index is 2.59. The molecule has 0 N–H and O–H groups in total. The van der Waals surface area contributed by atoms with Gasteiger partial charge in [-0.3, -0.25) is 14.6 Å². The van der Waals surface area contributed by atoms with Gasteiger partial charge in [-0.2, -0.15) is 0 Å². The van der Waals surface area contributed by atoms with Crippen molar-refractivity contribution in [3.63, 3.8) is 0 Å². The van der Waals surface area contributed by atoms with E-state index >= 15 is 0 Å². The lowest BCUT2D eigenvalue weighted by atomic mass is 9.98. The van der Waals surface area contributed by atoms with Gasteiger partial charge >= 0.3 is 5.97 Å². The van der Waals surface area contributed by atoms with E-state index in [-0.39, 0.29) is 18.4 Å². The number of unbranched alkanes of at least 4 members (excludes halogenated alkanes) is 4. The first-order valence-electron chi connectivity index (χ1n) is 9.97. The number of hydrogen-bond donors (Lipinski definition) is 0. The lowest BCUT2D eigenvalue weighted by Crippen LogP contribution is -2.10. The molecule has 0 saturated carbocycles. The van der Waals surface area contributed by atoms with Crippen LogP contribution in [0.5, 0.6) is 0 Å². The Labute approximate surface area is 169 Å². The van der Waals surface area contributed by atoms with Gasteiger partial charge in [0.2, 0.25) is 0 Å². The first kappa shape index (κ1) is 23.4. The number of carbonyl (C=O) groups is 2. The largest absolute Gasteiger partial charge is 0.461 e. The third kappa shape index (κ3) is 8.87. The van der Waals surface area contributed by atoms with Crippen molar-refractivity contribution in [1.82, 2.24) is 4.98 Å². The lowest BCUT2D eigenvalue weighted by molar-refractivity contribution is -0.145. The standard InChI is InChI=1S/C24H31NO3/c1-5-7-9-11-13-22(26)16-15-21-17-25-20(4)19(3)23(21)18-28-24(27)14-12-10-8-6-2/h1-2,17H,7-16,18H2,3-4H3. The van der Waals surface area contributed by atoms with E-state index in [2.05, 4.69) is 16.8 Å². The Morgan fingerprint density at radius 3 is 2.29 bits per heavy atom. The first-order chi connectivity index (χ1) is 13.5. The van der Waals surface area contributed by atoms with Gasteiger partial charge in [0.25, 0.3) is 0 Å². The molecule has 0 bridgehead atoms. The summed E-state index contributed by atoms with van der Waals surface area (Å²) in [6.45, 7) is 4.12. The molecule has 0 unspecified atom stereocenters. The highest BCUT2D eigenvalue weighted by Gasteiger charge is 2.13. The van der Waals surface area contributed by atoms with Crippen molar-refractivity contribution in [2.45, 2.75) is 84.7 Å². The number of hydrogen-bond acceptors (Lipinski definition) is 4. The number of esters is 1. The average molecular weight is 382 g/mol. The monoisotopic (exact) mass is 381 g/mol. The van der Waals surface area contributed by atoms with E-state index in [4.69, 9.17) is 17.6 Å². The molecule has 0 aromatic carbocycles. The predicted molar refractivity (Wildman–Crippen MR) is 111 cm³/mol. The number of aryl methyl sites for hydroxylation is 2. The summed E-state index contributed by atoms with van der Waals surface area (Å²) >= 11 is 0. The summed E-state index contributed by atoms with van der Waals surface area (Å²) < 4.78 is 5.46. The van der Waals surface area contributed by atoms with E-state index < -0.39 is 0 Å². The summed E-state index contributed by atoms with van der Waals surface area (Å²) in [5.41, 5.74) is 3.85. The van der Waals surface area contributed by atoms with Gasteiger partial charge in [-0.05, 0) is 62.6 Å². The van der Waals surface area contributed by atoms with Crippen LogP contribution in [0.3, 0.4) is 0 Å². The van der Waals surface area contributed by atoms with Crippen LogP contribution in [0.15, 0.2) is 6.20 Å². The number of ether oxygens (including phenoxy) is 1.